The third-order valence-corrected chi connectivity index (χ3v) is 9.90. The first kappa shape index (κ1) is 33.9. The summed E-state index contributed by atoms with van der Waals surface area (Å²) in [5, 5.41) is 38.5. The average molecular weight is 639 g/mol. The Morgan fingerprint density at radius 2 is 1.78 bits per heavy atom. The summed E-state index contributed by atoms with van der Waals surface area (Å²) in [6.45, 7) is 2.82. The molecule has 2 aliphatic rings. The van der Waals surface area contributed by atoms with Crippen LogP contribution in [0.25, 0.3) is 0 Å². The van der Waals surface area contributed by atoms with Gasteiger partial charge in [0.05, 0.1) is 35.7 Å². The number of nitrogens with one attached hydrogen (secondary N) is 3. The Bertz CT molecular complexity index is 1540. The van der Waals surface area contributed by atoms with E-state index >= 15 is 0 Å². The number of sulfonamides is 1. The smallest absolute Gasteiger partial charge is 0.290 e. The van der Waals surface area contributed by atoms with Gasteiger partial charge in [-0.25, -0.2) is 8.42 Å². The number of nitrogens with zero attached hydrogens (tertiary/aromatic N) is 1. The van der Waals surface area contributed by atoms with Gasteiger partial charge in [0.2, 0.25) is 10.0 Å². The molecule has 0 bridgehead atoms. The highest BCUT2D eigenvalue weighted by Gasteiger charge is 2.32. The molecule has 4 atom stereocenters. The molecule has 1 heterocycles. The highest BCUT2D eigenvalue weighted by molar-refractivity contribution is 7.92. The van der Waals surface area contributed by atoms with Crippen LogP contribution in [-0.4, -0.2) is 79.8 Å². The lowest BCUT2D eigenvalue weighted by atomic mass is 9.99. The maximum Gasteiger partial charge on any atom is 0.290 e. The van der Waals surface area contributed by atoms with E-state index in [1.807, 2.05) is 61.5 Å². The first-order valence-corrected chi connectivity index (χ1v) is 16.8. The molecular formula is C33H42N4O7S. The summed E-state index contributed by atoms with van der Waals surface area (Å²) in [4.78, 5) is 22.1. The second-order valence-electron chi connectivity index (χ2n) is 11.2. The van der Waals surface area contributed by atoms with E-state index in [2.05, 4.69) is 16.0 Å². The molecule has 6 N–H and O–H groups in total. The molecule has 0 aromatic heterocycles. The summed E-state index contributed by atoms with van der Waals surface area (Å²) in [7, 11) is -3.46. The molecule has 1 amide bonds. The Labute approximate surface area is 264 Å². The Hall–Kier alpha value is -3.97. The van der Waals surface area contributed by atoms with Gasteiger partial charge in [0.1, 0.15) is 0 Å². The SMILES string of the molecule is CCNc1cc(C(=O)N[C@@H](Cc2ccccc2)[C@H](O)CN[C@@H]2c3ccccc3C[C@@H]2O)cc(N2CCCCS2(=O)=O)c1.O=CO. The number of carboxylic acid groups (broad SMARTS) is 1. The molecule has 11 nitrogen and oxygen atoms in total. The quantitative estimate of drug-likeness (QED) is 0.173. The van der Waals surface area contributed by atoms with Crippen molar-refractivity contribution in [1.82, 2.24) is 10.6 Å². The van der Waals surface area contributed by atoms with Crippen LogP contribution >= 0.6 is 0 Å². The summed E-state index contributed by atoms with van der Waals surface area (Å²) in [5.74, 6) is -0.324. The number of rotatable bonds is 11. The van der Waals surface area contributed by atoms with Crippen LogP contribution in [0.1, 0.15) is 52.9 Å². The van der Waals surface area contributed by atoms with Gasteiger partial charge in [-0.05, 0) is 61.1 Å². The second-order valence-corrected chi connectivity index (χ2v) is 13.2. The number of amides is 1. The summed E-state index contributed by atoms with van der Waals surface area (Å²) in [5.41, 5.74) is 4.46. The fraction of sp³-hybridized carbons (Fsp3) is 0.394. The molecule has 12 heteroatoms. The zero-order valence-corrected chi connectivity index (χ0v) is 26.1. The summed E-state index contributed by atoms with van der Waals surface area (Å²) in [6, 6.07) is 21.6. The van der Waals surface area contributed by atoms with Crippen LogP contribution in [0.3, 0.4) is 0 Å². The number of carbonyl (C=O) groups is 2. The monoisotopic (exact) mass is 638 g/mol. The van der Waals surface area contributed by atoms with Crippen LogP contribution in [0.5, 0.6) is 0 Å². The Kier molecular flexibility index (Phi) is 11.9. The van der Waals surface area contributed by atoms with Gasteiger partial charge in [0, 0.05) is 37.3 Å². The lowest BCUT2D eigenvalue weighted by molar-refractivity contribution is -0.122. The zero-order valence-electron chi connectivity index (χ0n) is 25.3. The molecule has 0 radical (unpaired) electrons. The highest BCUT2D eigenvalue weighted by Crippen LogP contribution is 2.31. The van der Waals surface area contributed by atoms with Gasteiger partial charge in [0.25, 0.3) is 12.4 Å². The average Bonchev–Trinajstić information content (AvgIpc) is 3.34. The molecule has 0 unspecified atom stereocenters. The molecule has 0 spiro atoms. The van der Waals surface area contributed by atoms with Crippen LogP contribution < -0.4 is 20.3 Å². The maximum atomic E-state index is 13.7. The van der Waals surface area contributed by atoms with Gasteiger partial charge in [-0.3, -0.25) is 13.9 Å². The highest BCUT2D eigenvalue weighted by atomic mass is 32.2. The second kappa shape index (κ2) is 15.8. The van der Waals surface area contributed by atoms with E-state index in [1.54, 1.807) is 18.2 Å². The Morgan fingerprint density at radius 3 is 2.49 bits per heavy atom. The lowest BCUT2D eigenvalue weighted by Gasteiger charge is -2.29. The standard InChI is InChI=1S/C32H40N4O5S.CH2O2/c1-2-33-25-17-24(18-26(20-25)36-14-8-9-15-42(36,40)41)32(39)35-28(16-22-10-4-3-5-11-22)30(38)21-34-31-27-13-7-6-12-23(27)19-29(31)37;2-1-3/h3-7,10-13,17-18,20,28-31,33-34,37-38H,2,8-9,14-16,19,21H2,1H3,(H,35,39);1H,(H,2,3)/t28-,29-,30+,31+;/m0./s1. The molecule has 1 aliphatic heterocycles. The first-order chi connectivity index (χ1) is 21.7. The van der Waals surface area contributed by atoms with Crippen LogP contribution in [0.4, 0.5) is 11.4 Å². The van der Waals surface area contributed by atoms with Gasteiger partial charge >= 0.3 is 0 Å². The number of hydrogen-bond acceptors (Lipinski definition) is 8. The molecule has 242 valence electrons. The minimum atomic E-state index is -3.46. The Morgan fingerprint density at radius 1 is 1.07 bits per heavy atom. The predicted molar refractivity (Wildman–Crippen MR) is 174 cm³/mol. The number of aliphatic hydroxyl groups is 2. The van der Waals surface area contributed by atoms with Crippen molar-refractivity contribution >= 4 is 33.8 Å². The van der Waals surface area contributed by atoms with Crippen LogP contribution in [0.15, 0.2) is 72.8 Å². The van der Waals surface area contributed by atoms with Crippen molar-refractivity contribution in [2.45, 2.75) is 56.9 Å². The molecule has 0 saturated carbocycles. The number of fused-ring (bicyclic) bond motifs is 1. The zero-order chi connectivity index (χ0) is 32.4. The van der Waals surface area contributed by atoms with Crippen molar-refractivity contribution in [3.63, 3.8) is 0 Å². The fourth-order valence-electron chi connectivity index (χ4n) is 5.88. The maximum absolute atomic E-state index is 13.7. The van der Waals surface area contributed by atoms with E-state index in [0.29, 0.717) is 49.3 Å². The van der Waals surface area contributed by atoms with Gasteiger partial charge in [-0.15, -0.1) is 0 Å². The van der Waals surface area contributed by atoms with E-state index in [0.717, 1.165) is 23.1 Å². The van der Waals surface area contributed by atoms with E-state index in [4.69, 9.17) is 9.90 Å². The topological polar surface area (TPSA) is 168 Å². The molecular weight excluding hydrogens is 596 g/mol. The summed E-state index contributed by atoms with van der Waals surface area (Å²) < 4.78 is 27.0. The number of hydrogen-bond donors (Lipinski definition) is 6. The normalized spacial score (nSPS) is 19.8. The molecule has 3 aromatic carbocycles. The molecule has 5 rings (SSSR count). The fourth-order valence-corrected chi connectivity index (χ4v) is 7.51. The van der Waals surface area contributed by atoms with Crippen LogP contribution in [0.2, 0.25) is 0 Å². The van der Waals surface area contributed by atoms with Crippen LogP contribution in [0, 0.1) is 0 Å². The van der Waals surface area contributed by atoms with Crippen molar-refractivity contribution in [3.05, 3.63) is 95.1 Å². The number of aliphatic hydroxyl groups excluding tert-OH is 2. The first-order valence-electron chi connectivity index (χ1n) is 15.2. The van der Waals surface area contributed by atoms with Crippen molar-refractivity contribution in [1.29, 1.82) is 0 Å². The van der Waals surface area contributed by atoms with Gasteiger partial charge in [0.15, 0.2) is 0 Å². The molecule has 1 fully saturated rings. The van der Waals surface area contributed by atoms with Gasteiger partial charge in [-0.2, -0.15) is 0 Å². The largest absolute Gasteiger partial charge is 0.483 e. The van der Waals surface area contributed by atoms with E-state index in [9.17, 15) is 23.4 Å². The van der Waals surface area contributed by atoms with E-state index in [-0.39, 0.29) is 24.8 Å². The lowest BCUT2D eigenvalue weighted by Crippen LogP contribution is -2.49. The van der Waals surface area contributed by atoms with E-state index < -0.39 is 34.2 Å². The summed E-state index contributed by atoms with van der Waals surface area (Å²) in [6.07, 6.45) is 0.744. The summed E-state index contributed by atoms with van der Waals surface area (Å²) >= 11 is 0. The predicted octanol–water partition coefficient (Wildman–Crippen LogP) is 2.70. The van der Waals surface area contributed by atoms with Crippen molar-refractivity contribution in [2.24, 2.45) is 0 Å². The van der Waals surface area contributed by atoms with Crippen LogP contribution in [-0.2, 0) is 27.7 Å². The van der Waals surface area contributed by atoms with Gasteiger partial charge < -0.3 is 31.3 Å². The Balaban J connectivity index is 0.00000148. The third-order valence-electron chi connectivity index (χ3n) is 8.03. The minimum Gasteiger partial charge on any atom is -0.483 e. The van der Waals surface area contributed by atoms with Crippen molar-refractivity contribution < 1.29 is 33.3 Å². The molecule has 45 heavy (non-hydrogen) atoms. The van der Waals surface area contributed by atoms with Crippen molar-refractivity contribution in [3.8, 4) is 0 Å². The van der Waals surface area contributed by atoms with Crippen molar-refractivity contribution in [2.75, 3.05) is 35.0 Å². The van der Waals surface area contributed by atoms with Gasteiger partial charge in [-0.1, -0.05) is 54.6 Å². The number of benzene rings is 3. The molecule has 1 saturated heterocycles. The number of carbonyl (C=O) groups excluding carboxylic acids is 1. The molecule has 3 aromatic rings. The number of anilines is 2. The van der Waals surface area contributed by atoms with E-state index in [1.165, 1.54) is 4.31 Å². The molecule has 1 aliphatic carbocycles. The minimum absolute atomic E-state index is 0.0818. The third kappa shape index (κ3) is 8.82.